The predicted octanol–water partition coefficient (Wildman–Crippen LogP) is 2.83. The van der Waals surface area contributed by atoms with Gasteiger partial charge >= 0.3 is 0 Å². The third-order valence-corrected chi connectivity index (χ3v) is 3.26. The minimum absolute atomic E-state index is 0.375. The molecule has 0 heterocycles. The fraction of sp³-hybridized carbons (Fsp3) is 0.133. The van der Waals surface area contributed by atoms with Crippen molar-refractivity contribution in [2.75, 3.05) is 0 Å². The maximum absolute atomic E-state index is 11.4. The van der Waals surface area contributed by atoms with Gasteiger partial charge in [-0.3, -0.25) is 10.2 Å². The van der Waals surface area contributed by atoms with E-state index in [4.69, 9.17) is 22.2 Å². The van der Waals surface area contributed by atoms with Gasteiger partial charge in [0.05, 0.1) is 5.02 Å². The molecule has 3 N–H and O–H groups in total. The van der Waals surface area contributed by atoms with Gasteiger partial charge in [0.15, 0.2) is 0 Å². The highest BCUT2D eigenvalue weighted by Gasteiger charge is 2.08. The van der Waals surface area contributed by atoms with Crippen LogP contribution in [0.1, 0.15) is 21.5 Å². The maximum Gasteiger partial charge on any atom is 0.265 e. The fourth-order valence-corrected chi connectivity index (χ4v) is 2.01. The van der Waals surface area contributed by atoms with Crippen LogP contribution in [0, 0.1) is 6.92 Å². The Hall–Kier alpha value is -2.04. The molecule has 2 aromatic rings. The molecule has 4 nitrogen and oxygen atoms in total. The summed E-state index contributed by atoms with van der Waals surface area (Å²) >= 11 is 6.09. The molecule has 5 heteroatoms. The van der Waals surface area contributed by atoms with Crippen LogP contribution in [0.5, 0.6) is 5.75 Å². The first kappa shape index (κ1) is 14.4. The Labute approximate surface area is 122 Å². The van der Waals surface area contributed by atoms with Gasteiger partial charge in [0, 0.05) is 5.56 Å². The van der Waals surface area contributed by atoms with Crippen LogP contribution in [0.4, 0.5) is 0 Å². The minimum Gasteiger partial charge on any atom is -0.487 e. The molecule has 0 bridgehead atoms. The number of rotatable bonds is 4. The van der Waals surface area contributed by atoms with Gasteiger partial charge < -0.3 is 4.74 Å². The van der Waals surface area contributed by atoms with Crippen LogP contribution in [0.25, 0.3) is 0 Å². The number of aryl methyl sites for hydroxylation is 1. The zero-order valence-corrected chi connectivity index (χ0v) is 11.8. The molecule has 0 spiro atoms. The number of carbonyl (C=O) groups is 1. The fourth-order valence-electron chi connectivity index (χ4n) is 1.77. The molecule has 0 aliphatic heterocycles. The lowest BCUT2D eigenvalue weighted by molar-refractivity contribution is 0.0953. The zero-order chi connectivity index (χ0) is 14.5. The molecule has 1 amide bonds. The summed E-state index contributed by atoms with van der Waals surface area (Å²) in [7, 11) is 0. The maximum atomic E-state index is 11.4. The Kier molecular flexibility index (Phi) is 4.61. The number of amides is 1. The second-order valence-electron chi connectivity index (χ2n) is 4.33. The molecule has 2 aromatic carbocycles. The van der Waals surface area contributed by atoms with Crippen LogP contribution >= 0.6 is 11.6 Å². The van der Waals surface area contributed by atoms with E-state index < -0.39 is 5.91 Å². The molecule has 0 unspecified atom stereocenters. The molecule has 0 aromatic heterocycles. The van der Waals surface area contributed by atoms with Crippen molar-refractivity contribution in [1.82, 2.24) is 5.43 Å². The lowest BCUT2D eigenvalue weighted by Gasteiger charge is -2.10. The van der Waals surface area contributed by atoms with Crippen LogP contribution < -0.4 is 16.0 Å². The predicted molar refractivity (Wildman–Crippen MR) is 78.6 cm³/mol. The summed E-state index contributed by atoms with van der Waals surface area (Å²) in [6.45, 7) is 2.45. The summed E-state index contributed by atoms with van der Waals surface area (Å²) in [5, 5.41) is 0.375. The molecule has 2 rings (SSSR count). The standard InChI is InChI=1S/C15H15ClN2O2/c1-10-4-2-3-5-12(10)9-20-14-7-6-11(8-13(14)16)15(19)18-17/h2-8H,9,17H2,1H3,(H,18,19). The number of nitrogens with one attached hydrogen (secondary N) is 1. The summed E-state index contributed by atoms with van der Waals surface area (Å²) in [5.41, 5.74) is 4.69. The van der Waals surface area contributed by atoms with Gasteiger partial charge in [0.2, 0.25) is 0 Å². The molecule has 104 valence electrons. The summed E-state index contributed by atoms with van der Waals surface area (Å²) in [4.78, 5) is 11.4. The van der Waals surface area contributed by atoms with Crippen LogP contribution in [-0.4, -0.2) is 5.91 Å². The van der Waals surface area contributed by atoms with E-state index in [0.29, 0.717) is 22.9 Å². The first-order valence-corrected chi connectivity index (χ1v) is 6.47. The van der Waals surface area contributed by atoms with Crippen molar-refractivity contribution >= 4 is 17.5 Å². The molecular weight excluding hydrogens is 276 g/mol. The normalized spacial score (nSPS) is 10.2. The quantitative estimate of drug-likeness (QED) is 0.517. The molecule has 0 aliphatic rings. The van der Waals surface area contributed by atoms with Gasteiger partial charge in [-0.15, -0.1) is 0 Å². The number of hydrogen-bond acceptors (Lipinski definition) is 3. The van der Waals surface area contributed by atoms with Gasteiger partial charge in [-0.2, -0.15) is 0 Å². The monoisotopic (exact) mass is 290 g/mol. The first-order chi connectivity index (χ1) is 9.61. The summed E-state index contributed by atoms with van der Waals surface area (Å²) < 4.78 is 5.68. The largest absolute Gasteiger partial charge is 0.487 e. The van der Waals surface area contributed by atoms with Crippen LogP contribution in [0.15, 0.2) is 42.5 Å². The van der Waals surface area contributed by atoms with E-state index in [2.05, 4.69) is 5.43 Å². The molecular formula is C15H15ClN2O2. The third-order valence-electron chi connectivity index (χ3n) is 2.97. The number of carbonyl (C=O) groups excluding carboxylic acids is 1. The Morgan fingerprint density at radius 2 is 2.05 bits per heavy atom. The van der Waals surface area contributed by atoms with Gasteiger partial charge in [0.25, 0.3) is 5.91 Å². The smallest absolute Gasteiger partial charge is 0.265 e. The number of hydrogen-bond donors (Lipinski definition) is 2. The number of ether oxygens (including phenoxy) is 1. The molecule has 0 aliphatic carbocycles. The number of nitrogen functional groups attached to an aromatic ring is 1. The first-order valence-electron chi connectivity index (χ1n) is 6.09. The summed E-state index contributed by atoms with van der Waals surface area (Å²) in [5.74, 6) is 5.21. The summed E-state index contributed by atoms with van der Waals surface area (Å²) in [6.07, 6.45) is 0. The SMILES string of the molecule is Cc1ccccc1COc1ccc(C(=O)NN)cc1Cl. The van der Waals surface area contributed by atoms with Gasteiger partial charge in [-0.1, -0.05) is 35.9 Å². The van der Waals surface area contributed by atoms with Gasteiger partial charge in [-0.05, 0) is 36.2 Å². The van der Waals surface area contributed by atoms with Crippen molar-refractivity contribution in [3.63, 3.8) is 0 Å². The number of hydrazine groups is 1. The van der Waals surface area contributed by atoms with E-state index in [1.165, 1.54) is 6.07 Å². The number of nitrogens with two attached hydrogens (primary N) is 1. The second-order valence-corrected chi connectivity index (χ2v) is 4.74. The van der Waals surface area contributed by atoms with E-state index >= 15 is 0 Å². The van der Waals surface area contributed by atoms with Crippen molar-refractivity contribution in [1.29, 1.82) is 0 Å². The topological polar surface area (TPSA) is 64.3 Å². The highest BCUT2D eigenvalue weighted by atomic mass is 35.5. The van der Waals surface area contributed by atoms with Crippen molar-refractivity contribution in [3.05, 3.63) is 64.2 Å². The van der Waals surface area contributed by atoms with E-state index in [-0.39, 0.29) is 0 Å². The van der Waals surface area contributed by atoms with Gasteiger partial charge in [0.1, 0.15) is 12.4 Å². The second kappa shape index (κ2) is 6.41. The Bertz CT molecular complexity index is 629. The van der Waals surface area contributed by atoms with Crippen LogP contribution in [0.3, 0.4) is 0 Å². The van der Waals surface area contributed by atoms with Crippen molar-refractivity contribution < 1.29 is 9.53 Å². The molecule has 0 saturated carbocycles. The molecule has 20 heavy (non-hydrogen) atoms. The number of benzene rings is 2. The van der Waals surface area contributed by atoms with Gasteiger partial charge in [-0.25, -0.2) is 5.84 Å². The van der Waals surface area contributed by atoms with Crippen LogP contribution in [0.2, 0.25) is 5.02 Å². The molecule has 0 radical (unpaired) electrons. The lowest BCUT2D eigenvalue weighted by Crippen LogP contribution is -2.29. The lowest BCUT2D eigenvalue weighted by atomic mass is 10.1. The number of halogens is 1. The zero-order valence-electron chi connectivity index (χ0n) is 11.0. The molecule has 0 saturated heterocycles. The average molecular weight is 291 g/mol. The molecule has 0 fully saturated rings. The Morgan fingerprint density at radius 3 is 2.70 bits per heavy atom. The minimum atomic E-state index is -0.391. The highest BCUT2D eigenvalue weighted by Crippen LogP contribution is 2.26. The van der Waals surface area contributed by atoms with E-state index in [1.54, 1.807) is 12.1 Å². The van der Waals surface area contributed by atoms with Crippen molar-refractivity contribution in [2.45, 2.75) is 13.5 Å². The Morgan fingerprint density at radius 1 is 1.30 bits per heavy atom. The summed E-state index contributed by atoms with van der Waals surface area (Å²) in [6, 6.07) is 12.8. The van der Waals surface area contributed by atoms with Crippen LogP contribution in [-0.2, 0) is 6.61 Å². The van der Waals surface area contributed by atoms with Crippen molar-refractivity contribution in [2.24, 2.45) is 5.84 Å². The van der Waals surface area contributed by atoms with E-state index in [1.807, 2.05) is 31.2 Å². The third kappa shape index (κ3) is 3.29. The van der Waals surface area contributed by atoms with Crippen molar-refractivity contribution in [3.8, 4) is 5.75 Å². The average Bonchev–Trinajstić information content (AvgIpc) is 2.46. The molecule has 0 atom stereocenters. The van der Waals surface area contributed by atoms with E-state index in [9.17, 15) is 4.79 Å². The highest BCUT2D eigenvalue weighted by molar-refractivity contribution is 6.32. The Balaban J connectivity index is 2.11. The van der Waals surface area contributed by atoms with E-state index in [0.717, 1.165) is 11.1 Å².